The molecule has 4 heteroatoms. The van der Waals surface area contributed by atoms with E-state index in [1.54, 1.807) is 0 Å². The van der Waals surface area contributed by atoms with Gasteiger partial charge >= 0.3 is 0 Å². The number of ether oxygens (including phenoxy) is 1. The fraction of sp³-hybridized carbons (Fsp3) is 0.571. The molecule has 3 rings (SSSR count). The van der Waals surface area contributed by atoms with Gasteiger partial charge in [-0.25, -0.2) is 4.39 Å². The summed E-state index contributed by atoms with van der Waals surface area (Å²) in [5, 5.41) is 0. The number of rotatable bonds is 4. The molecule has 0 aliphatic carbocycles. The van der Waals surface area contributed by atoms with Crippen molar-refractivity contribution in [1.82, 2.24) is 5.43 Å². The normalized spacial score (nSPS) is 31.8. The van der Waals surface area contributed by atoms with Crippen LogP contribution in [-0.2, 0) is 11.2 Å². The molecule has 4 unspecified atom stereocenters. The maximum atomic E-state index is 12.9. The van der Waals surface area contributed by atoms with Crippen LogP contribution in [0.5, 0.6) is 0 Å². The van der Waals surface area contributed by atoms with Gasteiger partial charge in [-0.15, -0.1) is 0 Å². The standard InChI is InChI=1S/C14H19FN2O/c15-10-3-1-9(2-4-10)7-13(17-16)12-8-11-5-6-14(12)18-11/h1-4,11-14,17H,5-8,16H2. The second-order valence-corrected chi connectivity index (χ2v) is 5.38. The molecule has 98 valence electrons. The molecule has 1 aromatic carbocycles. The second-order valence-electron chi connectivity index (χ2n) is 5.38. The zero-order valence-corrected chi connectivity index (χ0v) is 10.3. The summed E-state index contributed by atoms with van der Waals surface area (Å²) in [6, 6.07) is 6.87. The maximum absolute atomic E-state index is 12.9. The third kappa shape index (κ3) is 2.28. The minimum absolute atomic E-state index is 0.195. The summed E-state index contributed by atoms with van der Waals surface area (Å²) < 4.78 is 18.7. The molecular formula is C14H19FN2O. The highest BCUT2D eigenvalue weighted by Gasteiger charge is 2.43. The highest BCUT2D eigenvalue weighted by atomic mass is 19.1. The zero-order chi connectivity index (χ0) is 12.5. The van der Waals surface area contributed by atoms with Gasteiger partial charge in [0.25, 0.3) is 0 Å². The number of nitrogens with two attached hydrogens (primary N) is 1. The first-order chi connectivity index (χ1) is 8.76. The van der Waals surface area contributed by atoms with E-state index >= 15 is 0 Å². The van der Waals surface area contributed by atoms with Gasteiger partial charge in [-0.3, -0.25) is 11.3 Å². The Kier molecular flexibility index (Phi) is 3.33. The predicted octanol–water partition coefficient (Wildman–Crippen LogP) is 1.77. The van der Waals surface area contributed by atoms with Crippen LogP contribution < -0.4 is 11.3 Å². The van der Waals surface area contributed by atoms with E-state index in [-0.39, 0.29) is 11.9 Å². The monoisotopic (exact) mass is 250 g/mol. The number of hydrogen-bond acceptors (Lipinski definition) is 3. The maximum Gasteiger partial charge on any atom is 0.123 e. The summed E-state index contributed by atoms with van der Waals surface area (Å²) in [6.07, 6.45) is 5.06. The van der Waals surface area contributed by atoms with Crippen molar-refractivity contribution >= 4 is 0 Å². The van der Waals surface area contributed by atoms with Crippen LogP contribution in [0, 0.1) is 11.7 Å². The average Bonchev–Trinajstić information content (AvgIpc) is 3.00. The van der Waals surface area contributed by atoms with E-state index in [1.807, 2.05) is 12.1 Å². The topological polar surface area (TPSA) is 47.3 Å². The van der Waals surface area contributed by atoms with Crippen molar-refractivity contribution in [2.45, 2.75) is 43.9 Å². The van der Waals surface area contributed by atoms with Gasteiger partial charge < -0.3 is 4.74 Å². The largest absolute Gasteiger partial charge is 0.375 e. The molecule has 3 N–H and O–H groups in total. The Hall–Kier alpha value is -0.970. The van der Waals surface area contributed by atoms with Crippen LogP contribution in [0.1, 0.15) is 24.8 Å². The number of nitrogens with one attached hydrogen (secondary N) is 1. The van der Waals surface area contributed by atoms with Gasteiger partial charge in [-0.05, 0) is 43.4 Å². The quantitative estimate of drug-likeness (QED) is 0.632. The number of hydrogen-bond donors (Lipinski definition) is 2. The Morgan fingerprint density at radius 3 is 2.67 bits per heavy atom. The van der Waals surface area contributed by atoms with Crippen molar-refractivity contribution < 1.29 is 9.13 Å². The highest BCUT2D eigenvalue weighted by molar-refractivity contribution is 5.18. The molecule has 4 atom stereocenters. The molecule has 0 amide bonds. The molecule has 0 radical (unpaired) electrons. The van der Waals surface area contributed by atoms with Crippen molar-refractivity contribution in [3.05, 3.63) is 35.6 Å². The van der Waals surface area contributed by atoms with Crippen LogP contribution >= 0.6 is 0 Å². The molecule has 2 heterocycles. The molecule has 2 aliphatic rings. The highest BCUT2D eigenvalue weighted by Crippen LogP contribution is 2.40. The molecule has 2 fully saturated rings. The first-order valence-corrected chi connectivity index (χ1v) is 6.62. The van der Waals surface area contributed by atoms with Gasteiger partial charge in [-0.1, -0.05) is 12.1 Å². The molecule has 2 bridgehead atoms. The fourth-order valence-electron chi connectivity index (χ4n) is 3.31. The minimum atomic E-state index is -0.195. The number of halogens is 1. The van der Waals surface area contributed by atoms with Crippen molar-refractivity contribution in [3.8, 4) is 0 Å². The van der Waals surface area contributed by atoms with Crippen LogP contribution in [0.2, 0.25) is 0 Å². The van der Waals surface area contributed by atoms with Gasteiger partial charge in [-0.2, -0.15) is 0 Å². The lowest BCUT2D eigenvalue weighted by atomic mass is 9.82. The molecule has 0 spiro atoms. The molecule has 0 aromatic heterocycles. The van der Waals surface area contributed by atoms with E-state index in [0.717, 1.165) is 24.8 Å². The smallest absolute Gasteiger partial charge is 0.123 e. The third-order valence-electron chi connectivity index (χ3n) is 4.25. The molecule has 3 nitrogen and oxygen atoms in total. The van der Waals surface area contributed by atoms with Crippen LogP contribution in [0.15, 0.2) is 24.3 Å². The van der Waals surface area contributed by atoms with Gasteiger partial charge in [0, 0.05) is 12.0 Å². The van der Waals surface area contributed by atoms with E-state index < -0.39 is 0 Å². The Balaban J connectivity index is 1.67. The number of fused-ring (bicyclic) bond motifs is 2. The van der Waals surface area contributed by atoms with Crippen LogP contribution in [-0.4, -0.2) is 18.2 Å². The van der Waals surface area contributed by atoms with Crippen molar-refractivity contribution in [1.29, 1.82) is 0 Å². The molecule has 2 aliphatic heterocycles. The Morgan fingerprint density at radius 1 is 1.33 bits per heavy atom. The summed E-state index contributed by atoms with van der Waals surface area (Å²) >= 11 is 0. The lowest BCUT2D eigenvalue weighted by molar-refractivity contribution is 0.0857. The minimum Gasteiger partial charge on any atom is -0.375 e. The average molecular weight is 250 g/mol. The SMILES string of the molecule is NNC(Cc1ccc(F)cc1)C1CC2CCC1O2. The predicted molar refractivity (Wildman–Crippen MR) is 67.2 cm³/mol. The summed E-state index contributed by atoms with van der Waals surface area (Å²) in [4.78, 5) is 0. The van der Waals surface area contributed by atoms with Crippen molar-refractivity contribution in [2.75, 3.05) is 0 Å². The van der Waals surface area contributed by atoms with E-state index in [4.69, 9.17) is 10.6 Å². The lowest BCUT2D eigenvalue weighted by Gasteiger charge is -2.28. The van der Waals surface area contributed by atoms with Crippen LogP contribution in [0.4, 0.5) is 4.39 Å². The van der Waals surface area contributed by atoms with Crippen LogP contribution in [0.25, 0.3) is 0 Å². The van der Waals surface area contributed by atoms with E-state index in [9.17, 15) is 4.39 Å². The summed E-state index contributed by atoms with van der Waals surface area (Å²) in [6.45, 7) is 0. The number of benzene rings is 1. The Bertz CT molecular complexity index is 409. The van der Waals surface area contributed by atoms with E-state index in [1.165, 1.54) is 18.6 Å². The molecule has 18 heavy (non-hydrogen) atoms. The lowest BCUT2D eigenvalue weighted by Crippen LogP contribution is -2.45. The first kappa shape index (κ1) is 12.1. The first-order valence-electron chi connectivity index (χ1n) is 6.62. The summed E-state index contributed by atoms with van der Waals surface area (Å²) in [7, 11) is 0. The molecule has 0 saturated carbocycles. The summed E-state index contributed by atoms with van der Waals surface area (Å²) in [5.74, 6) is 5.97. The fourth-order valence-corrected chi connectivity index (χ4v) is 3.31. The van der Waals surface area contributed by atoms with Gasteiger partial charge in [0.15, 0.2) is 0 Å². The second kappa shape index (κ2) is 4.96. The van der Waals surface area contributed by atoms with E-state index in [2.05, 4.69) is 5.43 Å². The van der Waals surface area contributed by atoms with Gasteiger partial charge in [0.2, 0.25) is 0 Å². The van der Waals surface area contributed by atoms with Gasteiger partial charge in [0.1, 0.15) is 5.82 Å². The molecule has 2 saturated heterocycles. The molecule has 1 aromatic rings. The van der Waals surface area contributed by atoms with Crippen LogP contribution in [0.3, 0.4) is 0 Å². The molecular weight excluding hydrogens is 231 g/mol. The third-order valence-corrected chi connectivity index (χ3v) is 4.25. The van der Waals surface area contributed by atoms with Gasteiger partial charge in [0.05, 0.1) is 12.2 Å². The van der Waals surface area contributed by atoms with Crippen molar-refractivity contribution in [3.63, 3.8) is 0 Å². The Morgan fingerprint density at radius 2 is 2.11 bits per heavy atom. The number of hydrazine groups is 1. The Labute approximate surface area is 106 Å². The van der Waals surface area contributed by atoms with E-state index in [0.29, 0.717) is 18.1 Å². The van der Waals surface area contributed by atoms with Crippen molar-refractivity contribution in [2.24, 2.45) is 11.8 Å². The zero-order valence-electron chi connectivity index (χ0n) is 10.3. The summed E-state index contributed by atoms with van der Waals surface area (Å²) in [5.41, 5.74) is 4.03.